The molecule has 1 fully saturated rings. The molecule has 1 N–H and O–H groups in total. The van der Waals surface area contributed by atoms with Gasteiger partial charge in [-0.25, -0.2) is 9.78 Å². The fraction of sp³-hybridized carbons (Fsp3) is 0.273. The van der Waals surface area contributed by atoms with Crippen LogP contribution in [0.25, 0.3) is 16.9 Å². The molecule has 1 spiro atoms. The monoisotopic (exact) mass is 385 g/mol. The summed E-state index contributed by atoms with van der Waals surface area (Å²) in [5.74, 6) is 0.873. The summed E-state index contributed by atoms with van der Waals surface area (Å²) in [6.07, 6.45) is 6.71. The molecule has 144 valence electrons. The van der Waals surface area contributed by atoms with Crippen LogP contribution in [0.1, 0.15) is 53.3 Å². The first-order valence-electron chi connectivity index (χ1n) is 9.91. The van der Waals surface area contributed by atoms with Crippen LogP contribution in [-0.2, 0) is 10.3 Å². The molecule has 4 aromatic rings. The van der Waals surface area contributed by atoms with Gasteiger partial charge in [0.2, 0.25) is 0 Å². The van der Waals surface area contributed by atoms with Crippen LogP contribution in [-0.4, -0.2) is 30.8 Å². The zero-order valence-electron chi connectivity index (χ0n) is 15.7. The van der Waals surface area contributed by atoms with Gasteiger partial charge >= 0.3 is 5.97 Å². The summed E-state index contributed by atoms with van der Waals surface area (Å²) >= 11 is 0. The van der Waals surface area contributed by atoms with Crippen LogP contribution in [0.2, 0.25) is 0 Å². The number of rotatable bonds is 2. The van der Waals surface area contributed by atoms with E-state index in [9.17, 15) is 4.79 Å². The number of nitrogens with one attached hydrogen (secondary N) is 1. The number of hydrogen-bond acceptors (Lipinski definition) is 5. The molecule has 1 saturated carbocycles. The Hall–Kier alpha value is -3.48. The molecular formula is C22H19N5O2. The maximum atomic E-state index is 12.2. The van der Waals surface area contributed by atoms with E-state index in [0.717, 1.165) is 54.0 Å². The maximum Gasteiger partial charge on any atom is 0.339 e. The molecule has 1 aliphatic heterocycles. The minimum Gasteiger partial charge on any atom is -0.450 e. The number of esters is 1. The Bertz CT molecular complexity index is 1190. The second-order valence-electron chi connectivity index (χ2n) is 7.86. The lowest BCUT2D eigenvalue weighted by Crippen LogP contribution is -2.31. The average Bonchev–Trinajstić information content (AvgIpc) is 3.41. The van der Waals surface area contributed by atoms with E-state index in [1.165, 1.54) is 0 Å². The minimum atomic E-state index is -0.529. The fourth-order valence-electron chi connectivity index (χ4n) is 4.67. The second kappa shape index (κ2) is 6.01. The standard InChI is InChI=1S/C22H19N5O2/c28-21-16-8-11-23-13-17(16)22(29-21)9-6-15(7-10-22)20-24-19-12-18(25-27(19)26-20)14-4-2-1-3-5-14/h1-5,8,11-13,15,25H,6-7,9-10H2. The number of benzene rings is 1. The zero-order valence-corrected chi connectivity index (χ0v) is 15.7. The molecule has 0 radical (unpaired) electrons. The van der Waals surface area contributed by atoms with E-state index >= 15 is 0 Å². The molecule has 0 bridgehead atoms. The third kappa shape index (κ3) is 2.50. The SMILES string of the molecule is O=C1OC2(CCC(c3nc4cc(-c5ccccc5)[nH]n4n3)CC2)c2cnccc21. The van der Waals surface area contributed by atoms with Gasteiger partial charge in [-0.05, 0) is 37.3 Å². The van der Waals surface area contributed by atoms with Gasteiger partial charge in [0.05, 0.1) is 11.3 Å². The lowest BCUT2D eigenvalue weighted by molar-refractivity contribution is -0.0313. The number of aromatic amines is 1. The molecule has 29 heavy (non-hydrogen) atoms. The van der Waals surface area contributed by atoms with Gasteiger partial charge in [0, 0.05) is 29.9 Å². The first-order chi connectivity index (χ1) is 14.2. The Labute approximate surface area is 166 Å². The second-order valence-corrected chi connectivity index (χ2v) is 7.86. The number of H-pyrrole nitrogens is 1. The molecule has 1 aliphatic carbocycles. The lowest BCUT2D eigenvalue weighted by Gasteiger charge is -2.35. The van der Waals surface area contributed by atoms with Gasteiger partial charge in [-0.3, -0.25) is 10.1 Å². The normalized spacial score (nSPS) is 23.4. The predicted octanol–water partition coefficient (Wildman–Crippen LogP) is 3.84. The minimum absolute atomic E-state index is 0.234. The molecule has 7 heteroatoms. The van der Waals surface area contributed by atoms with Crippen molar-refractivity contribution in [3.8, 4) is 11.3 Å². The van der Waals surface area contributed by atoms with E-state index in [0.29, 0.717) is 5.56 Å². The third-order valence-corrected chi connectivity index (χ3v) is 6.21. The Morgan fingerprint density at radius 1 is 1.14 bits per heavy atom. The topological polar surface area (TPSA) is 85.2 Å². The van der Waals surface area contributed by atoms with Crippen LogP contribution in [0.4, 0.5) is 0 Å². The van der Waals surface area contributed by atoms with Crippen molar-refractivity contribution in [1.82, 2.24) is 24.8 Å². The number of carbonyl (C=O) groups excluding carboxylic acids is 1. The highest BCUT2D eigenvalue weighted by molar-refractivity contribution is 5.94. The number of nitrogens with zero attached hydrogens (tertiary/aromatic N) is 4. The van der Waals surface area contributed by atoms with Gasteiger partial charge in [0.25, 0.3) is 0 Å². The number of fused-ring (bicyclic) bond motifs is 3. The summed E-state index contributed by atoms with van der Waals surface area (Å²) in [6, 6.07) is 13.9. The van der Waals surface area contributed by atoms with Crippen molar-refractivity contribution >= 4 is 11.6 Å². The Morgan fingerprint density at radius 2 is 1.97 bits per heavy atom. The van der Waals surface area contributed by atoms with E-state index in [1.54, 1.807) is 23.1 Å². The number of aromatic nitrogens is 5. The largest absolute Gasteiger partial charge is 0.450 e. The van der Waals surface area contributed by atoms with Crippen molar-refractivity contribution in [1.29, 1.82) is 0 Å². The molecular weight excluding hydrogens is 366 g/mol. The molecule has 0 atom stereocenters. The summed E-state index contributed by atoms with van der Waals surface area (Å²) < 4.78 is 7.57. The number of hydrogen-bond donors (Lipinski definition) is 1. The smallest absolute Gasteiger partial charge is 0.339 e. The number of carbonyl (C=O) groups is 1. The Morgan fingerprint density at radius 3 is 2.76 bits per heavy atom. The molecule has 2 aliphatic rings. The highest BCUT2D eigenvalue weighted by Crippen LogP contribution is 2.49. The van der Waals surface area contributed by atoms with Crippen LogP contribution >= 0.6 is 0 Å². The number of ether oxygens (including phenoxy) is 1. The molecule has 7 nitrogen and oxygen atoms in total. The maximum absolute atomic E-state index is 12.2. The van der Waals surface area contributed by atoms with Crippen molar-refractivity contribution in [2.24, 2.45) is 0 Å². The van der Waals surface area contributed by atoms with Crippen LogP contribution < -0.4 is 0 Å². The fourth-order valence-corrected chi connectivity index (χ4v) is 4.67. The van der Waals surface area contributed by atoms with Gasteiger partial charge in [0.15, 0.2) is 11.5 Å². The van der Waals surface area contributed by atoms with Gasteiger partial charge in [0.1, 0.15) is 5.60 Å². The molecule has 4 heterocycles. The lowest BCUT2D eigenvalue weighted by atomic mass is 9.75. The molecule has 1 aromatic carbocycles. The van der Waals surface area contributed by atoms with Crippen LogP contribution in [0.5, 0.6) is 0 Å². The average molecular weight is 385 g/mol. The first kappa shape index (κ1) is 16.5. The highest BCUT2D eigenvalue weighted by atomic mass is 16.6. The molecule has 0 unspecified atom stereocenters. The Kier molecular flexibility index (Phi) is 3.41. The van der Waals surface area contributed by atoms with E-state index in [1.807, 2.05) is 24.3 Å². The van der Waals surface area contributed by atoms with Crippen molar-refractivity contribution in [2.75, 3.05) is 0 Å². The van der Waals surface area contributed by atoms with Crippen LogP contribution in [0.3, 0.4) is 0 Å². The summed E-state index contributed by atoms with van der Waals surface area (Å²) in [5.41, 5.74) is 3.98. The molecule has 0 amide bonds. The van der Waals surface area contributed by atoms with Crippen LogP contribution in [0, 0.1) is 0 Å². The van der Waals surface area contributed by atoms with Gasteiger partial charge in [-0.1, -0.05) is 30.3 Å². The quantitative estimate of drug-likeness (QED) is 0.530. The van der Waals surface area contributed by atoms with Crippen molar-refractivity contribution in [3.05, 3.63) is 71.8 Å². The van der Waals surface area contributed by atoms with Gasteiger partial charge < -0.3 is 4.74 Å². The van der Waals surface area contributed by atoms with E-state index in [2.05, 4.69) is 27.3 Å². The van der Waals surface area contributed by atoms with Gasteiger partial charge in [-0.2, -0.15) is 4.63 Å². The van der Waals surface area contributed by atoms with Crippen LogP contribution in [0.15, 0.2) is 54.9 Å². The first-order valence-corrected chi connectivity index (χ1v) is 9.91. The summed E-state index contributed by atoms with van der Waals surface area (Å²) in [5, 5.41) is 7.99. The zero-order chi connectivity index (χ0) is 19.4. The van der Waals surface area contributed by atoms with Crippen molar-refractivity contribution in [2.45, 2.75) is 37.2 Å². The van der Waals surface area contributed by atoms with E-state index in [4.69, 9.17) is 9.72 Å². The predicted molar refractivity (Wildman–Crippen MR) is 105 cm³/mol. The highest BCUT2D eigenvalue weighted by Gasteiger charge is 2.48. The summed E-state index contributed by atoms with van der Waals surface area (Å²) in [6.45, 7) is 0. The van der Waals surface area contributed by atoms with E-state index in [-0.39, 0.29) is 11.9 Å². The van der Waals surface area contributed by atoms with E-state index < -0.39 is 5.60 Å². The molecule has 0 saturated heterocycles. The number of pyridine rings is 1. The Balaban J connectivity index is 1.24. The van der Waals surface area contributed by atoms with Gasteiger partial charge in [-0.15, -0.1) is 5.10 Å². The molecule has 3 aromatic heterocycles. The molecule has 6 rings (SSSR count). The summed E-state index contributed by atoms with van der Waals surface area (Å²) in [7, 11) is 0. The van der Waals surface area contributed by atoms with Crippen molar-refractivity contribution in [3.63, 3.8) is 0 Å². The third-order valence-electron chi connectivity index (χ3n) is 6.21. The van der Waals surface area contributed by atoms with Crippen molar-refractivity contribution < 1.29 is 9.53 Å². The summed E-state index contributed by atoms with van der Waals surface area (Å²) in [4.78, 5) is 21.2.